The lowest BCUT2D eigenvalue weighted by Crippen LogP contribution is -2.52. The number of carbonyl (C=O) groups is 4. The molecule has 0 aliphatic carbocycles. The molecule has 2 heterocycles. The first-order valence-corrected chi connectivity index (χ1v) is 17.6. The molecule has 14 heteroatoms. The summed E-state index contributed by atoms with van der Waals surface area (Å²) in [5.41, 5.74) is 2.77. The summed E-state index contributed by atoms with van der Waals surface area (Å²) in [7, 11) is 4.51. The predicted molar refractivity (Wildman–Crippen MR) is 197 cm³/mol. The van der Waals surface area contributed by atoms with E-state index in [1.165, 1.54) is 26.2 Å². The highest BCUT2D eigenvalue weighted by Gasteiger charge is 2.27. The second kappa shape index (κ2) is 18.0. The highest BCUT2D eigenvalue weighted by atomic mass is 16.5. The molecule has 0 spiro atoms. The maximum Gasteiger partial charge on any atom is 0.251 e. The number of ether oxygens (including phenoxy) is 4. The van der Waals surface area contributed by atoms with Crippen LogP contribution in [0.25, 0.3) is 11.0 Å². The second-order valence-corrected chi connectivity index (χ2v) is 12.9. The first kappa shape index (κ1) is 38.3. The number of aryl methyl sites for hydroxylation is 1. The lowest BCUT2D eigenvalue weighted by Gasteiger charge is -2.26. The molecule has 1 aliphatic heterocycles. The number of amides is 4. The van der Waals surface area contributed by atoms with E-state index < -0.39 is 17.9 Å². The largest absolute Gasteiger partial charge is 0.496 e. The molecule has 2 bridgehead atoms. The SMILES string of the molecule is COc1ccc2cc1Oc1cccc(OC)c1CNC(=O)[C@@H](C(C)C)NC(=O)CN(C(=O)CCc1nc3ccccc3nc1OC)CCCCNC2=O. The van der Waals surface area contributed by atoms with E-state index in [1.807, 2.05) is 38.1 Å². The Labute approximate surface area is 308 Å². The number of hydrogen-bond acceptors (Lipinski definition) is 10. The number of para-hydroxylation sites is 2. The van der Waals surface area contributed by atoms with Crippen LogP contribution >= 0.6 is 0 Å². The van der Waals surface area contributed by atoms with Crippen molar-refractivity contribution in [3.05, 3.63) is 77.5 Å². The molecular weight excluding hydrogens is 680 g/mol. The summed E-state index contributed by atoms with van der Waals surface area (Å²) in [5.74, 6) is 0.100. The molecule has 14 nitrogen and oxygen atoms in total. The minimum atomic E-state index is -0.895. The topological polar surface area (TPSA) is 170 Å². The van der Waals surface area contributed by atoms with Crippen molar-refractivity contribution in [1.82, 2.24) is 30.8 Å². The van der Waals surface area contributed by atoms with Crippen LogP contribution in [0.4, 0.5) is 0 Å². The van der Waals surface area contributed by atoms with E-state index in [-0.39, 0.29) is 50.2 Å². The minimum absolute atomic E-state index is 0.00546. The molecule has 1 aliphatic rings. The van der Waals surface area contributed by atoms with Crippen LogP contribution in [0.3, 0.4) is 0 Å². The third kappa shape index (κ3) is 9.70. The fourth-order valence-corrected chi connectivity index (χ4v) is 5.99. The summed E-state index contributed by atoms with van der Waals surface area (Å²) in [6, 6.07) is 16.6. The fourth-order valence-electron chi connectivity index (χ4n) is 5.99. The maximum atomic E-state index is 13.7. The van der Waals surface area contributed by atoms with Crippen molar-refractivity contribution in [2.45, 2.75) is 52.1 Å². The van der Waals surface area contributed by atoms with Crippen LogP contribution in [0.2, 0.25) is 0 Å². The van der Waals surface area contributed by atoms with Gasteiger partial charge in [-0.3, -0.25) is 19.2 Å². The Bertz CT molecular complexity index is 1950. The molecule has 0 radical (unpaired) electrons. The van der Waals surface area contributed by atoms with Crippen molar-refractivity contribution < 1.29 is 38.1 Å². The van der Waals surface area contributed by atoms with E-state index in [2.05, 4.69) is 25.9 Å². The predicted octanol–water partition coefficient (Wildman–Crippen LogP) is 4.19. The normalized spacial score (nSPS) is 16.1. The van der Waals surface area contributed by atoms with Crippen LogP contribution in [0.1, 0.15) is 54.7 Å². The van der Waals surface area contributed by atoms with E-state index in [9.17, 15) is 19.2 Å². The molecule has 4 amide bonds. The number of nitrogens with one attached hydrogen (secondary N) is 3. The van der Waals surface area contributed by atoms with E-state index >= 15 is 0 Å². The van der Waals surface area contributed by atoms with Crippen LogP contribution in [0, 0.1) is 5.92 Å². The third-order valence-corrected chi connectivity index (χ3v) is 8.86. The summed E-state index contributed by atoms with van der Waals surface area (Å²) in [5, 5.41) is 8.68. The van der Waals surface area contributed by atoms with Gasteiger partial charge in [0.05, 0.1) is 51.0 Å². The number of nitrogens with zero attached hydrogens (tertiary/aromatic N) is 3. The Morgan fingerprint density at radius 2 is 1.64 bits per heavy atom. The molecule has 53 heavy (non-hydrogen) atoms. The van der Waals surface area contributed by atoms with E-state index in [1.54, 1.807) is 36.4 Å². The quantitative estimate of drug-likeness (QED) is 0.251. The zero-order chi connectivity index (χ0) is 37.9. The third-order valence-electron chi connectivity index (χ3n) is 8.86. The summed E-state index contributed by atoms with van der Waals surface area (Å²) >= 11 is 0. The maximum absolute atomic E-state index is 13.7. The van der Waals surface area contributed by atoms with Crippen LogP contribution < -0.4 is 34.9 Å². The van der Waals surface area contributed by atoms with Gasteiger partial charge in [0.25, 0.3) is 5.91 Å². The Kier molecular flexibility index (Phi) is 13.0. The van der Waals surface area contributed by atoms with Gasteiger partial charge in [0.1, 0.15) is 23.2 Å². The zero-order valence-corrected chi connectivity index (χ0v) is 30.7. The summed E-state index contributed by atoms with van der Waals surface area (Å²) in [6.07, 6.45) is 1.32. The molecule has 280 valence electrons. The number of fused-ring (bicyclic) bond motifs is 4. The van der Waals surface area contributed by atoms with Gasteiger partial charge >= 0.3 is 0 Å². The molecule has 0 unspecified atom stereocenters. The van der Waals surface area contributed by atoms with Crippen LogP contribution in [-0.4, -0.2) is 85.5 Å². The van der Waals surface area contributed by atoms with Gasteiger partial charge in [-0.1, -0.05) is 32.0 Å². The van der Waals surface area contributed by atoms with Gasteiger partial charge in [-0.25, -0.2) is 9.97 Å². The number of aromatic nitrogens is 2. The molecule has 0 saturated heterocycles. The summed E-state index contributed by atoms with van der Waals surface area (Å²) in [4.78, 5) is 64.7. The van der Waals surface area contributed by atoms with Gasteiger partial charge in [0, 0.05) is 31.5 Å². The van der Waals surface area contributed by atoms with Crippen molar-refractivity contribution in [2.24, 2.45) is 5.92 Å². The Morgan fingerprint density at radius 3 is 2.36 bits per heavy atom. The van der Waals surface area contributed by atoms with E-state index in [0.717, 1.165) is 0 Å². The molecule has 3 aromatic carbocycles. The smallest absolute Gasteiger partial charge is 0.251 e. The van der Waals surface area contributed by atoms with Crippen molar-refractivity contribution in [2.75, 3.05) is 41.0 Å². The molecule has 0 fully saturated rings. The van der Waals surface area contributed by atoms with E-state index in [0.29, 0.717) is 76.1 Å². The Morgan fingerprint density at radius 1 is 0.887 bits per heavy atom. The summed E-state index contributed by atoms with van der Waals surface area (Å²) < 4.78 is 22.9. The zero-order valence-electron chi connectivity index (χ0n) is 30.7. The molecule has 4 aromatic rings. The number of benzene rings is 3. The first-order valence-electron chi connectivity index (χ1n) is 17.6. The number of carbonyl (C=O) groups excluding carboxylic acids is 4. The number of rotatable bonds is 7. The molecular formula is C39H46N6O8. The van der Waals surface area contributed by atoms with E-state index in [4.69, 9.17) is 18.9 Å². The fraction of sp³-hybridized carbons (Fsp3) is 0.385. The van der Waals surface area contributed by atoms with Gasteiger partial charge < -0.3 is 39.8 Å². The van der Waals surface area contributed by atoms with Gasteiger partial charge in [-0.15, -0.1) is 0 Å². The Hall–Kier alpha value is -5.92. The second-order valence-electron chi connectivity index (χ2n) is 12.9. The van der Waals surface area contributed by atoms with Crippen molar-refractivity contribution in [3.63, 3.8) is 0 Å². The lowest BCUT2D eigenvalue weighted by molar-refractivity contribution is -0.137. The van der Waals surface area contributed by atoms with Gasteiger partial charge in [0.15, 0.2) is 11.5 Å². The van der Waals surface area contributed by atoms with Gasteiger partial charge in [-0.2, -0.15) is 0 Å². The van der Waals surface area contributed by atoms with Crippen molar-refractivity contribution >= 4 is 34.7 Å². The molecule has 1 aromatic heterocycles. The molecule has 1 atom stereocenters. The monoisotopic (exact) mass is 726 g/mol. The minimum Gasteiger partial charge on any atom is -0.496 e. The molecule has 3 N–H and O–H groups in total. The number of methoxy groups -OCH3 is 3. The van der Waals surface area contributed by atoms with Crippen LogP contribution in [0.15, 0.2) is 60.7 Å². The Balaban J connectivity index is 1.39. The lowest BCUT2D eigenvalue weighted by atomic mass is 10.0. The van der Waals surface area contributed by atoms with Crippen molar-refractivity contribution in [3.8, 4) is 28.9 Å². The first-order chi connectivity index (χ1) is 25.6. The molecule has 5 rings (SSSR count). The summed E-state index contributed by atoms with van der Waals surface area (Å²) in [6.45, 7) is 3.98. The van der Waals surface area contributed by atoms with Crippen LogP contribution in [0.5, 0.6) is 28.9 Å². The van der Waals surface area contributed by atoms with Gasteiger partial charge in [-0.05, 0) is 61.2 Å². The highest BCUT2D eigenvalue weighted by molar-refractivity contribution is 5.95. The average molecular weight is 727 g/mol. The standard InChI is InChI=1S/C39H46N6O8/c1-24(2)36-38(49)41-22-26-30(50-3)13-10-14-31(26)53-33-21-25(15-17-32(33)51-4)37(48)40-19-8-9-20-45(23-34(46)44-36)35(47)18-16-29-39(52-5)43-28-12-7-6-11-27(28)42-29/h6-7,10-15,17,21,24,36H,8-9,16,18-20,22-23H2,1-5H3,(H,40,48)(H,41,49)(H,44,46)/t36-/m1/s1. The highest BCUT2D eigenvalue weighted by Crippen LogP contribution is 2.37. The van der Waals surface area contributed by atoms with Crippen LogP contribution in [-0.2, 0) is 27.3 Å². The molecule has 0 saturated carbocycles. The van der Waals surface area contributed by atoms with Crippen molar-refractivity contribution in [1.29, 1.82) is 0 Å². The number of hydrogen-bond donors (Lipinski definition) is 3. The average Bonchev–Trinajstić information content (AvgIpc) is 3.16. The van der Waals surface area contributed by atoms with Gasteiger partial charge in [0.2, 0.25) is 23.6 Å².